The zero-order valence-corrected chi connectivity index (χ0v) is 8.05. The van der Waals surface area contributed by atoms with Crippen molar-refractivity contribution in [3.63, 3.8) is 0 Å². The molecule has 1 aliphatic rings. The number of nitrogens with one attached hydrogen (secondary N) is 1. The lowest BCUT2D eigenvalue weighted by molar-refractivity contribution is -0.130. The maximum atomic E-state index is 11.6. The van der Waals surface area contributed by atoms with E-state index in [1.807, 2.05) is 6.92 Å². The maximum absolute atomic E-state index is 11.6. The maximum Gasteiger partial charge on any atom is 0.227 e. The Labute approximate surface area is 78.5 Å². The summed E-state index contributed by atoms with van der Waals surface area (Å²) < 4.78 is 0. The molecule has 0 radical (unpaired) electrons. The van der Waals surface area contributed by atoms with E-state index in [2.05, 4.69) is 5.32 Å². The lowest BCUT2D eigenvalue weighted by Gasteiger charge is -2.27. The van der Waals surface area contributed by atoms with Crippen LogP contribution < -0.4 is 11.1 Å². The van der Waals surface area contributed by atoms with Crippen LogP contribution in [-0.2, 0) is 4.79 Å². The SMILES string of the molecule is CC1(C(=O)NCCO)CCCC1N. The van der Waals surface area contributed by atoms with Crippen molar-refractivity contribution in [1.82, 2.24) is 5.32 Å². The molecule has 1 fully saturated rings. The van der Waals surface area contributed by atoms with Gasteiger partial charge < -0.3 is 16.2 Å². The molecule has 0 aliphatic heterocycles. The van der Waals surface area contributed by atoms with E-state index >= 15 is 0 Å². The minimum absolute atomic E-state index is 0.0168. The van der Waals surface area contributed by atoms with E-state index in [1.54, 1.807) is 0 Å². The van der Waals surface area contributed by atoms with Crippen molar-refractivity contribution in [2.75, 3.05) is 13.2 Å². The highest BCUT2D eigenvalue weighted by molar-refractivity contribution is 5.83. The van der Waals surface area contributed by atoms with Gasteiger partial charge >= 0.3 is 0 Å². The first-order valence-electron chi connectivity index (χ1n) is 4.76. The standard InChI is InChI=1S/C9H18N2O2/c1-9(4-2-3-7(9)10)8(13)11-5-6-12/h7,12H,2-6,10H2,1H3,(H,11,13). The molecular weight excluding hydrogens is 168 g/mol. The minimum atomic E-state index is -0.421. The van der Waals surface area contributed by atoms with Gasteiger partial charge in [0, 0.05) is 12.6 Å². The topological polar surface area (TPSA) is 75.3 Å². The number of aliphatic hydroxyl groups is 1. The van der Waals surface area contributed by atoms with Gasteiger partial charge in [0.25, 0.3) is 0 Å². The van der Waals surface area contributed by atoms with Gasteiger partial charge in [-0.15, -0.1) is 0 Å². The molecule has 0 spiro atoms. The number of amides is 1. The van der Waals surface area contributed by atoms with Crippen molar-refractivity contribution in [3.8, 4) is 0 Å². The summed E-state index contributed by atoms with van der Waals surface area (Å²) in [4.78, 5) is 11.6. The second kappa shape index (κ2) is 4.07. The number of carbonyl (C=O) groups is 1. The number of aliphatic hydroxyl groups excluding tert-OH is 1. The van der Waals surface area contributed by atoms with E-state index in [1.165, 1.54) is 0 Å². The van der Waals surface area contributed by atoms with E-state index in [0.29, 0.717) is 6.54 Å². The van der Waals surface area contributed by atoms with Crippen LogP contribution in [0.2, 0.25) is 0 Å². The normalized spacial score (nSPS) is 33.3. The molecular formula is C9H18N2O2. The Hall–Kier alpha value is -0.610. The predicted molar refractivity (Wildman–Crippen MR) is 50.0 cm³/mol. The van der Waals surface area contributed by atoms with Crippen LogP contribution in [0.3, 0.4) is 0 Å². The van der Waals surface area contributed by atoms with Gasteiger partial charge in [-0.3, -0.25) is 4.79 Å². The average Bonchev–Trinajstić information content (AvgIpc) is 2.44. The summed E-state index contributed by atoms with van der Waals surface area (Å²) in [7, 11) is 0. The van der Waals surface area contributed by atoms with E-state index in [-0.39, 0.29) is 18.6 Å². The molecule has 76 valence electrons. The average molecular weight is 186 g/mol. The molecule has 0 saturated heterocycles. The highest BCUT2D eigenvalue weighted by Gasteiger charge is 2.42. The van der Waals surface area contributed by atoms with Crippen LogP contribution >= 0.6 is 0 Å². The molecule has 2 atom stereocenters. The third-order valence-corrected chi connectivity index (χ3v) is 2.95. The Balaban J connectivity index is 2.53. The summed E-state index contributed by atoms with van der Waals surface area (Å²) in [5, 5.41) is 11.2. The lowest BCUT2D eigenvalue weighted by atomic mass is 9.84. The molecule has 0 bridgehead atoms. The van der Waals surface area contributed by atoms with Crippen molar-refractivity contribution in [3.05, 3.63) is 0 Å². The van der Waals surface area contributed by atoms with Gasteiger partial charge in [-0.1, -0.05) is 6.42 Å². The molecule has 1 aliphatic carbocycles. The van der Waals surface area contributed by atoms with Crippen molar-refractivity contribution in [1.29, 1.82) is 0 Å². The molecule has 0 aromatic carbocycles. The highest BCUT2D eigenvalue weighted by Crippen LogP contribution is 2.36. The van der Waals surface area contributed by atoms with Gasteiger partial charge in [0.2, 0.25) is 5.91 Å². The quantitative estimate of drug-likeness (QED) is 0.562. The van der Waals surface area contributed by atoms with Crippen molar-refractivity contribution >= 4 is 5.91 Å². The molecule has 2 unspecified atom stereocenters. The number of carbonyl (C=O) groups excluding carboxylic acids is 1. The third-order valence-electron chi connectivity index (χ3n) is 2.95. The summed E-state index contributed by atoms with van der Waals surface area (Å²) in [5.41, 5.74) is 5.44. The molecule has 4 heteroatoms. The molecule has 0 heterocycles. The number of hydrogen-bond acceptors (Lipinski definition) is 3. The van der Waals surface area contributed by atoms with Crippen LogP contribution in [-0.4, -0.2) is 30.2 Å². The molecule has 0 aromatic rings. The smallest absolute Gasteiger partial charge is 0.227 e. The fourth-order valence-corrected chi connectivity index (χ4v) is 1.85. The molecule has 1 amide bonds. The first-order valence-corrected chi connectivity index (χ1v) is 4.76. The van der Waals surface area contributed by atoms with Crippen LogP contribution in [0.15, 0.2) is 0 Å². The highest BCUT2D eigenvalue weighted by atomic mass is 16.3. The monoisotopic (exact) mass is 186 g/mol. The van der Waals surface area contributed by atoms with E-state index in [4.69, 9.17) is 10.8 Å². The van der Waals surface area contributed by atoms with E-state index in [9.17, 15) is 4.79 Å². The summed E-state index contributed by atoms with van der Waals surface area (Å²) in [6.45, 7) is 2.20. The molecule has 13 heavy (non-hydrogen) atoms. The Morgan fingerprint density at radius 1 is 1.77 bits per heavy atom. The van der Waals surface area contributed by atoms with E-state index in [0.717, 1.165) is 19.3 Å². The van der Waals surface area contributed by atoms with Crippen LogP contribution in [0.4, 0.5) is 0 Å². The van der Waals surface area contributed by atoms with Crippen LogP contribution in [0.25, 0.3) is 0 Å². The first-order chi connectivity index (χ1) is 6.11. The van der Waals surface area contributed by atoms with Crippen molar-refractivity contribution < 1.29 is 9.90 Å². The summed E-state index contributed by atoms with van der Waals surface area (Å²) in [6.07, 6.45) is 2.79. The second-order valence-corrected chi connectivity index (χ2v) is 3.90. The van der Waals surface area contributed by atoms with Gasteiger partial charge in [-0.2, -0.15) is 0 Å². The predicted octanol–water partition coefficient (Wildman–Crippen LogP) is -0.388. The molecule has 1 saturated carbocycles. The Bertz CT molecular complexity index is 196. The van der Waals surface area contributed by atoms with Gasteiger partial charge in [0.15, 0.2) is 0 Å². The fourth-order valence-electron chi connectivity index (χ4n) is 1.85. The minimum Gasteiger partial charge on any atom is -0.395 e. The lowest BCUT2D eigenvalue weighted by Crippen LogP contribution is -2.47. The first kappa shape index (κ1) is 10.5. The largest absolute Gasteiger partial charge is 0.395 e. The Morgan fingerprint density at radius 2 is 2.46 bits per heavy atom. The van der Waals surface area contributed by atoms with Gasteiger partial charge in [-0.05, 0) is 19.8 Å². The second-order valence-electron chi connectivity index (χ2n) is 3.90. The fraction of sp³-hybridized carbons (Fsp3) is 0.889. The third kappa shape index (κ3) is 2.00. The summed E-state index contributed by atoms with van der Waals surface area (Å²) in [6, 6.07) is -0.0359. The van der Waals surface area contributed by atoms with Crippen molar-refractivity contribution in [2.24, 2.45) is 11.1 Å². The van der Waals surface area contributed by atoms with E-state index < -0.39 is 5.41 Å². The Morgan fingerprint density at radius 3 is 2.92 bits per heavy atom. The van der Waals surface area contributed by atoms with Gasteiger partial charge in [-0.25, -0.2) is 0 Å². The van der Waals surface area contributed by atoms with Crippen molar-refractivity contribution in [2.45, 2.75) is 32.2 Å². The number of nitrogens with two attached hydrogens (primary N) is 1. The van der Waals surface area contributed by atoms with Crippen LogP contribution in [0.5, 0.6) is 0 Å². The summed E-state index contributed by atoms with van der Waals surface area (Å²) in [5.74, 6) is -0.0217. The van der Waals surface area contributed by atoms with Gasteiger partial charge in [0.05, 0.1) is 12.0 Å². The number of rotatable bonds is 3. The molecule has 4 N–H and O–H groups in total. The summed E-state index contributed by atoms with van der Waals surface area (Å²) >= 11 is 0. The van der Waals surface area contributed by atoms with Gasteiger partial charge in [0.1, 0.15) is 0 Å². The Kier molecular flexibility index (Phi) is 3.27. The zero-order valence-electron chi connectivity index (χ0n) is 8.05. The number of hydrogen-bond donors (Lipinski definition) is 3. The molecule has 1 rings (SSSR count). The van der Waals surface area contributed by atoms with Crippen LogP contribution in [0.1, 0.15) is 26.2 Å². The molecule has 0 aromatic heterocycles. The van der Waals surface area contributed by atoms with Crippen LogP contribution in [0, 0.1) is 5.41 Å². The zero-order chi connectivity index (χ0) is 9.90. The molecule has 4 nitrogen and oxygen atoms in total.